The largest absolute Gasteiger partial charge is 0.493 e. The second kappa shape index (κ2) is 14.0. The van der Waals surface area contributed by atoms with Crippen LogP contribution >= 0.6 is 0 Å². The number of amides is 1. The molecule has 0 bridgehead atoms. The first kappa shape index (κ1) is 23.7. The van der Waals surface area contributed by atoms with E-state index in [2.05, 4.69) is 16.3 Å². The van der Waals surface area contributed by atoms with Crippen molar-refractivity contribution in [3.63, 3.8) is 0 Å². The van der Waals surface area contributed by atoms with Gasteiger partial charge in [0, 0.05) is 26.2 Å². The number of likely N-dealkylation sites (N-methyl/N-ethyl adjacent to an activating group) is 1. The van der Waals surface area contributed by atoms with Gasteiger partial charge in [-0.05, 0) is 25.0 Å². The molecule has 1 aliphatic heterocycles. The van der Waals surface area contributed by atoms with Crippen LogP contribution in [0.5, 0.6) is 11.5 Å². The standard InChI is InChI=1S/C16H21N3O3.2C2H6/c1-18-16(20)11-19-7-5-13(6-8-19)22-15-9-12(10-17)3-4-14(15)21-2;2*1-2/h3-4,9,13H,5-8,11H2,1-2H3,(H,18,20);2*1-2H3. The summed E-state index contributed by atoms with van der Waals surface area (Å²) in [7, 11) is 3.23. The van der Waals surface area contributed by atoms with Crippen molar-refractivity contribution in [2.45, 2.75) is 46.6 Å². The maximum atomic E-state index is 11.4. The number of hydrogen-bond donors (Lipinski definition) is 1. The summed E-state index contributed by atoms with van der Waals surface area (Å²) in [6.45, 7) is 10.1. The van der Waals surface area contributed by atoms with E-state index in [1.165, 1.54) is 0 Å². The summed E-state index contributed by atoms with van der Waals surface area (Å²) in [4.78, 5) is 13.5. The molecule has 0 atom stereocenters. The lowest BCUT2D eigenvalue weighted by Gasteiger charge is -2.31. The Hall–Kier alpha value is -2.26. The van der Waals surface area contributed by atoms with E-state index in [-0.39, 0.29) is 12.0 Å². The third-order valence-corrected chi connectivity index (χ3v) is 3.77. The molecular weight excluding hydrogens is 330 g/mol. The maximum absolute atomic E-state index is 11.4. The number of piperidine rings is 1. The molecule has 1 N–H and O–H groups in total. The highest BCUT2D eigenvalue weighted by molar-refractivity contribution is 5.77. The zero-order valence-corrected chi connectivity index (χ0v) is 17.0. The van der Waals surface area contributed by atoms with Gasteiger partial charge in [0.15, 0.2) is 11.5 Å². The molecule has 2 rings (SSSR count). The fourth-order valence-corrected chi connectivity index (χ4v) is 2.49. The van der Waals surface area contributed by atoms with Crippen molar-refractivity contribution < 1.29 is 14.3 Å². The number of nitrogens with one attached hydrogen (secondary N) is 1. The first-order valence-corrected chi connectivity index (χ1v) is 9.34. The van der Waals surface area contributed by atoms with E-state index in [1.807, 2.05) is 27.7 Å². The first-order chi connectivity index (χ1) is 12.7. The minimum atomic E-state index is 0.0303. The Morgan fingerprint density at radius 1 is 1.23 bits per heavy atom. The minimum absolute atomic E-state index is 0.0303. The van der Waals surface area contributed by atoms with Crippen LogP contribution in [-0.2, 0) is 4.79 Å². The number of ether oxygens (including phenoxy) is 2. The molecule has 1 amide bonds. The molecular formula is C20H33N3O3. The Morgan fingerprint density at radius 3 is 2.35 bits per heavy atom. The molecule has 0 saturated carbocycles. The van der Waals surface area contributed by atoms with E-state index in [0.29, 0.717) is 23.6 Å². The van der Waals surface area contributed by atoms with Gasteiger partial charge in [-0.15, -0.1) is 0 Å². The van der Waals surface area contributed by atoms with Crippen LogP contribution in [-0.4, -0.2) is 50.7 Å². The minimum Gasteiger partial charge on any atom is -0.493 e. The van der Waals surface area contributed by atoms with Gasteiger partial charge in [0.2, 0.25) is 5.91 Å². The number of carbonyl (C=O) groups is 1. The van der Waals surface area contributed by atoms with Gasteiger partial charge in [-0.2, -0.15) is 5.26 Å². The molecule has 0 aromatic heterocycles. The molecule has 146 valence electrons. The predicted molar refractivity (Wildman–Crippen MR) is 105 cm³/mol. The highest BCUT2D eigenvalue weighted by Gasteiger charge is 2.22. The number of rotatable bonds is 5. The molecule has 0 aliphatic carbocycles. The molecule has 6 nitrogen and oxygen atoms in total. The highest BCUT2D eigenvalue weighted by atomic mass is 16.5. The molecule has 1 aromatic rings. The van der Waals surface area contributed by atoms with E-state index in [4.69, 9.17) is 14.7 Å². The number of benzene rings is 1. The van der Waals surface area contributed by atoms with Gasteiger partial charge in [-0.3, -0.25) is 9.69 Å². The average molecular weight is 364 g/mol. The van der Waals surface area contributed by atoms with Crippen molar-refractivity contribution in [3.8, 4) is 17.6 Å². The van der Waals surface area contributed by atoms with Crippen molar-refractivity contribution in [2.24, 2.45) is 0 Å². The van der Waals surface area contributed by atoms with E-state index < -0.39 is 0 Å². The Labute approximate surface area is 158 Å². The van der Waals surface area contributed by atoms with E-state index in [0.717, 1.165) is 25.9 Å². The van der Waals surface area contributed by atoms with Gasteiger partial charge < -0.3 is 14.8 Å². The lowest BCUT2D eigenvalue weighted by atomic mass is 10.1. The molecule has 0 radical (unpaired) electrons. The normalized spacial score (nSPS) is 13.9. The first-order valence-electron chi connectivity index (χ1n) is 9.34. The number of hydrogen-bond acceptors (Lipinski definition) is 5. The van der Waals surface area contributed by atoms with Crippen LogP contribution in [0.3, 0.4) is 0 Å². The Bertz CT molecular complexity index is 562. The van der Waals surface area contributed by atoms with Crippen LogP contribution in [0.25, 0.3) is 0 Å². The fraction of sp³-hybridized carbons (Fsp3) is 0.600. The molecule has 1 saturated heterocycles. The molecule has 6 heteroatoms. The molecule has 1 aliphatic rings. The summed E-state index contributed by atoms with van der Waals surface area (Å²) in [5, 5.41) is 11.6. The summed E-state index contributed by atoms with van der Waals surface area (Å²) < 4.78 is 11.3. The Morgan fingerprint density at radius 2 is 1.85 bits per heavy atom. The Balaban J connectivity index is 0.00000146. The van der Waals surface area contributed by atoms with E-state index >= 15 is 0 Å². The summed E-state index contributed by atoms with van der Waals surface area (Å²) in [5.74, 6) is 1.26. The molecule has 1 fully saturated rings. The molecule has 0 spiro atoms. The molecule has 1 heterocycles. The topological polar surface area (TPSA) is 74.6 Å². The zero-order valence-electron chi connectivity index (χ0n) is 17.0. The Kier molecular flexibility index (Phi) is 12.8. The summed E-state index contributed by atoms with van der Waals surface area (Å²) >= 11 is 0. The summed E-state index contributed by atoms with van der Waals surface area (Å²) in [6.07, 6.45) is 1.76. The third kappa shape index (κ3) is 7.75. The van der Waals surface area contributed by atoms with Crippen molar-refractivity contribution in [1.29, 1.82) is 5.26 Å². The summed E-state index contributed by atoms with van der Waals surface area (Å²) in [6, 6.07) is 7.26. The number of nitrogens with zero attached hydrogens (tertiary/aromatic N) is 2. The van der Waals surface area contributed by atoms with Crippen LogP contribution in [0.1, 0.15) is 46.1 Å². The second-order valence-electron chi connectivity index (χ2n) is 5.24. The monoisotopic (exact) mass is 363 g/mol. The van der Waals surface area contributed by atoms with Crippen molar-refractivity contribution >= 4 is 5.91 Å². The van der Waals surface area contributed by atoms with Gasteiger partial charge in [-0.25, -0.2) is 0 Å². The smallest absolute Gasteiger partial charge is 0.233 e. The van der Waals surface area contributed by atoms with Crippen molar-refractivity contribution in [2.75, 3.05) is 33.8 Å². The zero-order chi connectivity index (χ0) is 19.9. The van der Waals surface area contributed by atoms with Crippen LogP contribution < -0.4 is 14.8 Å². The van der Waals surface area contributed by atoms with Gasteiger partial charge in [0.1, 0.15) is 6.10 Å². The average Bonchev–Trinajstić information content (AvgIpc) is 2.72. The van der Waals surface area contributed by atoms with E-state index in [1.54, 1.807) is 32.4 Å². The van der Waals surface area contributed by atoms with Crippen LogP contribution in [0, 0.1) is 11.3 Å². The number of nitriles is 1. The number of carbonyl (C=O) groups excluding carboxylic acids is 1. The van der Waals surface area contributed by atoms with Crippen LogP contribution in [0.4, 0.5) is 0 Å². The molecule has 1 aromatic carbocycles. The van der Waals surface area contributed by atoms with E-state index in [9.17, 15) is 4.79 Å². The summed E-state index contributed by atoms with van der Waals surface area (Å²) in [5.41, 5.74) is 0.549. The number of likely N-dealkylation sites (tertiary alicyclic amines) is 1. The molecule has 0 unspecified atom stereocenters. The number of methoxy groups -OCH3 is 1. The van der Waals surface area contributed by atoms with Crippen molar-refractivity contribution in [1.82, 2.24) is 10.2 Å². The SMILES string of the molecule is CC.CC.CNC(=O)CN1CCC(Oc2cc(C#N)ccc2OC)CC1. The van der Waals surface area contributed by atoms with Gasteiger partial charge >= 0.3 is 0 Å². The van der Waals surface area contributed by atoms with Crippen molar-refractivity contribution in [3.05, 3.63) is 23.8 Å². The second-order valence-corrected chi connectivity index (χ2v) is 5.24. The van der Waals surface area contributed by atoms with Crippen LogP contribution in [0.2, 0.25) is 0 Å². The third-order valence-electron chi connectivity index (χ3n) is 3.77. The quantitative estimate of drug-likeness (QED) is 0.869. The predicted octanol–water partition coefficient (Wildman–Crippen LogP) is 3.21. The lowest BCUT2D eigenvalue weighted by molar-refractivity contribution is -0.122. The highest BCUT2D eigenvalue weighted by Crippen LogP contribution is 2.30. The molecule has 26 heavy (non-hydrogen) atoms. The lowest BCUT2D eigenvalue weighted by Crippen LogP contribution is -2.43. The van der Waals surface area contributed by atoms with Gasteiger partial charge in [0.25, 0.3) is 0 Å². The van der Waals surface area contributed by atoms with Crippen LogP contribution in [0.15, 0.2) is 18.2 Å². The fourth-order valence-electron chi connectivity index (χ4n) is 2.49. The maximum Gasteiger partial charge on any atom is 0.233 e. The van der Waals surface area contributed by atoms with Gasteiger partial charge in [0.05, 0.1) is 25.3 Å². The van der Waals surface area contributed by atoms with Gasteiger partial charge in [-0.1, -0.05) is 27.7 Å².